The molecule has 1 unspecified atom stereocenters. The summed E-state index contributed by atoms with van der Waals surface area (Å²) in [6.45, 7) is 4.76. The van der Waals surface area contributed by atoms with Gasteiger partial charge in [0.2, 0.25) is 12.7 Å². The lowest BCUT2D eigenvalue weighted by atomic mass is 9.88. The van der Waals surface area contributed by atoms with E-state index in [2.05, 4.69) is 11.0 Å². The number of anilines is 1. The van der Waals surface area contributed by atoms with Gasteiger partial charge in [-0.2, -0.15) is 10.4 Å². The SMILES string of the molecule is CC1(C#N)Cc2cc3c(cc2C(c2ccc([N+](=O)[O-])cc2)=NN1C(=O)CCN1CCN(c2ccccc2F)CC1)OCO3. The fourth-order valence-electron chi connectivity index (χ4n) is 5.71. The van der Waals surface area contributed by atoms with Gasteiger partial charge in [0.25, 0.3) is 5.69 Å². The molecule has 1 amide bonds. The van der Waals surface area contributed by atoms with Crippen molar-refractivity contribution >= 4 is 23.0 Å². The Balaban J connectivity index is 1.26. The van der Waals surface area contributed by atoms with E-state index in [0.29, 0.717) is 66.7 Å². The third-order valence-electron chi connectivity index (χ3n) is 8.09. The minimum absolute atomic E-state index is 0.0664. The molecule has 12 heteroatoms. The number of rotatable bonds is 6. The zero-order chi connectivity index (χ0) is 30.1. The number of hydrogen-bond acceptors (Lipinski definition) is 9. The smallest absolute Gasteiger partial charge is 0.269 e. The number of para-hydroxylation sites is 1. The van der Waals surface area contributed by atoms with Crippen LogP contribution in [0.25, 0.3) is 0 Å². The molecule has 3 aliphatic rings. The molecule has 0 radical (unpaired) electrons. The van der Waals surface area contributed by atoms with Crippen molar-refractivity contribution in [1.29, 1.82) is 5.26 Å². The quantitative estimate of drug-likeness (QED) is 0.313. The summed E-state index contributed by atoms with van der Waals surface area (Å²) in [6.07, 6.45) is 0.301. The van der Waals surface area contributed by atoms with Crippen molar-refractivity contribution in [3.05, 3.63) is 93.3 Å². The Morgan fingerprint density at radius 1 is 1.09 bits per heavy atom. The predicted molar refractivity (Wildman–Crippen MR) is 156 cm³/mol. The molecule has 3 heterocycles. The Kier molecular flexibility index (Phi) is 7.41. The Morgan fingerprint density at radius 3 is 2.47 bits per heavy atom. The third kappa shape index (κ3) is 5.47. The lowest BCUT2D eigenvalue weighted by Gasteiger charge is -2.36. The van der Waals surface area contributed by atoms with Crippen LogP contribution in [0.2, 0.25) is 0 Å². The van der Waals surface area contributed by atoms with E-state index in [-0.39, 0.29) is 37.0 Å². The standard InChI is InChI=1S/C31H29FN6O5/c1-31(19-33)18-22-16-27-28(43-20-42-27)17-24(22)30(21-6-8-23(9-7-21)38(40)41)34-37(31)29(39)10-11-35-12-14-36(15-13-35)26-5-3-2-4-25(26)32/h2-9,16-17H,10-15,18,20H2,1H3. The van der Waals surface area contributed by atoms with E-state index in [1.165, 1.54) is 23.2 Å². The molecule has 1 fully saturated rings. The molecule has 11 nitrogen and oxygen atoms in total. The molecule has 0 aromatic heterocycles. The number of hydrazone groups is 1. The molecule has 0 aliphatic carbocycles. The highest BCUT2D eigenvalue weighted by Crippen LogP contribution is 2.39. The number of carbonyl (C=O) groups is 1. The Hall–Kier alpha value is -5.02. The molecule has 6 rings (SSSR count). The zero-order valence-electron chi connectivity index (χ0n) is 23.5. The fourth-order valence-corrected chi connectivity index (χ4v) is 5.71. The summed E-state index contributed by atoms with van der Waals surface area (Å²) in [5.74, 6) is 0.472. The highest BCUT2D eigenvalue weighted by Gasteiger charge is 2.41. The van der Waals surface area contributed by atoms with E-state index >= 15 is 0 Å². The first-order valence-corrected chi connectivity index (χ1v) is 14.0. The normalized spacial score (nSPS) is 19.7. The summed E-state index contributed by atoms with van der Waals surface area (Å²) in [5, 5.41) is 27.7. The zero-order valence-corrected chi connectivity index (χ0v) is 23.5. The number of nitro benzene ring substituents is 1. The topological polar surface area (TPSA) is 125 Å². The predicted octanol–water partition coefficient (Wildman–Crippen LogP) is 4.09. The highest BCUT2D eigenvalue weighted by atomic mass is 19.1. The maximum atomic E-state index is 14.3. The highest BCUT2D eigenvalue weighted by molar-refractivity contribution is 6.14. The molecular weight excluding hydrogens is 555 g/mol. The van der Waals surface area contributed by atoms with E-state index < -0.39 is 10.5 Å². The number of nitro groups is 1. The van der Waals surface area contributed by atoms with Crippen molar-refractivity contribution in [2.24, 2.45) is 5.10 Å². The number of hydrogen-bond donors (Lipinski definition) is 0. The first kappa shape index (κ1) is 28.1. The van der Waals surface area contributed by atoms with E-state index in [0.717, 1.165) is 5.56 Å². The van der Waals surface area contributed by atoms with Gasteiger partial charge in [-0.25, -0.2) is 9.40 Å². The molecule has 3 aliphatic heterocycles. The number of fused-ring (bicyclic) bond motifs is 2. The summed E-state index contributed by atoms with van der Waals surface area (Å²) >= 11 is 0. The van der Waals surface area contributed by atoms with Crippen LogP contribution in [-0.4, -0.2) is 71.5 Å². The number of amides is 1. The molecule has 3 aromatic rings. The van der Waals surface area contributed by atoms with Gasteiger partial charge in [-0.3, -0.25) is 19.8 Å². The third-order valence-corrected chi connectivity index (χ3v) is 8.09. The van der Waals surface area contributed by atoms with E-state index in [4.69, 9.17) is 14.6 Å². The van der Waals surface area contributed by atoms with Crippen molar-refractivity contribution in [3.8, 4) is 17.6 Å². The fraction of sp³-hybridized carbons (Fsp3) is 0.323. The van der Waals surface area contributed by atoms with Crippen molar-refractivity contribution in [2.75, 3.05) is 44.4 Å². The number of ether oxygens (including phenoxy) is 2. The molecular formula is C31H29FN6O5. The van der Waals surface area contributed by atoms with Gasteiger partial charge in [-0.15, -0.1) is 0 Å². The summed E-state index contributed by atoms with van der Waals surface area (Å²) in [7, 11) is 0. The molecule has 0 spiro atoms. The van der Waals surface area contributed by atoms with Crippen LogP contribution in [0.15, 0.2) is 65.8 Å². The molecule has 1 saturated heterocycles. The van der Waals surface area contributed by atoms with Gasteiger partial charge in [0, 0.05) is 68.8 Å². The maximum absolute atomic E-state index is 14.3. The van der Waals surface area contributed by atoms with Crippen LogP contribution in [-0.2, 0) is 11.2 Å². The monoisotopic (exact) mass is 584 g/mol. The van der Waals surface area contributed by atoms with Crippen LogP contribution >= 0.6 is 0 Å². The molecule has 1 atom stereocenters. The van der Waals surface area contributed by atoms with E-state index in [1.807, 2.05) is 11.0 Å². The van der Waals surface area contributed by atoms with Crippen LogP contribution in [0, 0.1) is 27.3 Å². The molecule has 43 heavy (non-hydrogen) atoms. The molecule has 0 bridgehead atoms. The number of benzene rings is 3. The number of nitriles is 1. The minimum atomic E-state index is -1.31. The lowest BCUT2D eigenvalue weighted by molar-refractivity contribution is -0.384. The van der Waals surface area contributed by atoms with Crippen LogP contribution in [0.1, 0.15) is 30.0 Å². The number of piperazine rings is 1. The number of nitrogens with zero attached hydrogens (tertiary/aromatic N) is 6. The molecule has 220 valence electrons. The second-order valence-corrected chi connectivity index (χ2v) is 10.9. The van der Waals surface area contributed by atoms with Crippen LogP contribution < -0.4 is 14.4 Å². The van der Waals surface area contributed by atoms with Crippen molar-refractivity contribution in [1.82, 2.24) is 9.91 Å². The Bertz CT molecular complexity index is 1650. The summed E-state index contributed by atoms with van der Waals surface area (Å²) in [6, 6.07) is 18.5. The summed E-state index contributed by atoms with van der Waals surface area (Å²) in [5.41, 5.74) is 1.52. The first-order valence-electron chi connectivity index (χ1n) is 14.0. The van der Waals surface area contributed by atoms with Crippen molar-refractivity contribution < 1.29 is 23.6 Å². The number of carbonyl (C=O) groups excluding carboxylic acids is 1. The number of halogens is 1. The second kappa shape index (κ2) is 11.3. The van der Waals surface area contributed by atoms with Crippen LogP contribution in [0.5, 0.6) is 11.5 Å². The van der Waals surface area contributed by atoms with Gasteiger partial charge in [0.1, 0.15) is 5.82 Å². The molecule has 0 saturated carbocycles. The van der Waals surface area contributed by atoms with Gasteiger partial charge >= 0.3 is 0 Å². The van der Waals surface area contributed by atoms with Gasteiger partial charge in [-0.05, 0) is 48.9 Å². The first-order chi connectivity index (χ1) is 20.8. The molecule has 3 aromatic carbocycles. The van der Waals surface area contributed by atoms with Gasteiger partial charge < -0.3 is 14.4 Å². The molecule has 0 N–H and O–H groups in total. The van der Waals surface area contributed by atoms with Crippen molar-refractivity contribution in [2.45, 2.75) is 25.3 Å². The van der Waals surface area contributed by atoms with Gasteiger partial charge in [-0.1, -0.05) is 12.1 Å². The average molecular weight is 585 g/mol. The van der Waals surface area contributed by atoms with Crippen LogP contribution in [0.4, 0.5) is 15.8 Å². The lowest BCUT2D eigenvalue weighted by Crippen LogP contribution is -2.50. The van der Waals surface area contributed by atoms with Gasteiger partial charge in [0.15, 0.2) is 17.0 Å². The number of non-ortho nitro benzene ring substituents is 1. The summed E-state index contributed by atoms with van der Waals surface area (Å²) in [4.78, 5) is 28.7. The van der Waals surface area contributed by atoms with Crippen molar-refractivity contribution in [3.63, 3.8) is 0 Å². The van der Waals surface area contributed by atoms with E-state index in [1.54, 1.807) is 43.3 Å². The van der Waals surface area contributed by atoms with E-state index in [9.17, 15) is 24.6 Å². The van der Waals surface area contributed by atoms with Crippen LogP contribution in [0.3, 0.4) is 0 Å². The summed E-state index contributed by atoms with van der Waals surface area (Å²) < 4.78 is 25.4. The Labute approximate surface area is 247 Å². The minimum Gasteiger partial charge on any atom is -0.454 e. The largest absolute Gasteiger partial charge is 0.454 e. The van der Waals surface area contributed by atoms with Gasteiger partial charge in [0.05, 0.1) is 22.4 Å². The average Bonchev–Trinajstić information content (AvgIpc) is 3.43. The Morgan fingerprint density at radius 2 is 1.79 bits per heavy atom. The second-order valence-electron chi connectivity index (χ2n) is 10.9. The maximum Gasteiger partial charge on any atom is 0.269 e.